The van der Waals surface area contributed by atoms with Gasteiger partial charge in [-0.15, -0.1) is 0 Å². The number of ether oxygens (including phenoxy) is 2. The molecular formula is C56H107NO7P+. The molecule has 0 rings (SSSR count). The van der Waals surface area contributed by atoms with Gasteiger partial charge in [-0.1, -0.05) is 210 Å². The highest BCUT2D eigenvalue weighted by molar-refractivity contribution is 7.47. The lowest BCUT2D eigenvalue weighted by atomic mass is 10.1. The molecule has 0 bridgehead atoms. The Labute approximate surface area is 403 Å². The first kappa shape index (κ1) is 63.5. The fourth-order valence-electron chi connectivity index (χ4n) is 7.61. The summed E-state index contributed by atoms with van der Waals surface area (Å²) in [5.41, 5.74) is 0. The third kappa shape index (κ3) is 53.3. The van der Waals surface area contributed by atoms with Crippen LogP contribution >= 0.6 is 7.82 Å². The van der Waals surface area contributed by atoms with Crippen molar-refractivity contribution in [1.29, 1.82) is 0 Å². The SMILES string of the molecule is CCCCCCC/C=C\C/C=C\C/C=C\CCCCCCCCCOCC(COP(=O)(O)OCC[N+](C)(C)C)OC(=O)CCCCCCCCCCC/C=C\CCCCCCCCCC. The van der Waals surface area contributed by atoms with E-state index in [2.05, 4.69) is 62.5 Å². The molecule has 9 heteroatoms. The van der Waals surface area contributed by atoms with E-state index >= 15 is 0 Å². The molecule has 0 aliphatic heterocycles. The molecule has 0 aliphatic carbocycles. The standard InChI is InChI=1S/C56H106NO7P/c1-6-8-10-12-14-16-18-20-22-24-26-28-30-32-34-36-38-40-42-44-46-48-51-61-53-55(54-63-65(59,60)62-52-50-57(3,4)5)64-56(58)49-47-45-43-41-39-37-35-33-31-29-27-25-23-21-19-17-15-13-11-9-7-2/h18,20,24-27,30,32,55H,6-17,19,21-23,28-29,31,33-54H2,1-5H3/p+1/b20-18-,26-24-,27-25-,32-30-. The van der Waals surface area contributed by atoms with Crippen LogP contribution in [0.2, 0.25) is 0 Å². The van der Waals surface area contributed by atoms with Crippen LogP contribution in [0.15, 0.2) is 48.6 Å². The van der Waals surface area contributed by atoms with Crippen molar-refractivity contribution < 1.29 is 37.3 Å². The summed E-state index contributed by atoms with van der Waals surface area (Å²) in [6, 6.07) is 0. The fourth-order valence-corrected chi connectivity index (χ4v) is 8.36. The summed E-state index contributed by atoms with van der Waals surface area (Å²) in [4.78, 5) is 23.0. The number of allylic oxidation sites excluding steroid dienone is 8. The number of carbonyl (C=O) groups excluding carboxylic acids is 1. The van der Waals surface area contributed by atoms with Gasteiger partial charge in [-0.3, -0.25) is 13.8 Å². The van der Waals surface area contributed by atoms with E-state index in [-0.39, 0.29) is 25.8 Å². The maximum absolute atomic E-state index is 12.8. The monoisotopic (exact) mass is 937 g/mol. The Morgan fingerprint density at radius 3 is 1.28 bits per heavy atom. The number of rotatable bonds is 51. The number of likely N-dealkylation sites (N-methyl/N-ethyl adjacent to an activating group) is 1. The van der Waals surface area contributed by atoms with Crippen molar-refractivity contribution in [2.75, 3.05) is 54.1 Å². The van der Waals surface area contributed by atoms with Crippen LogP contribution in [0.25, 0.3) is 0 Å². The maximum atomic E-state index is 12.8. The van der Waals surface area contributed by atoms with E-state index in [1.807, 2.05) is 21.1 Å². The van der Waals surface area contributed by atoms with Crippen molar-refractivity contribution >= 4 is 13.8 Å². The molecule has 0 aromatic carbocycles. The van der Waals surface area contributed by atoms with Gasteiger partial charge in [0, 0.05) is 13.0 Å². The molecular weight excluding hydrogens is 830 g/mol. The van der Waals surface area contributed by atoms with Crippen molar-refractivity contribution in [3.63, 3.8) is 0 Å². The number of nitrogens with zero attached hydrogens (tertiary/aromatic N) is 1. The van der Waals surface area contributed by atoms with E-state index in [1.165, 1.54) is 173 Å². The molecule has 0 heterocycles. The molecule has 0 aliphatic rings. The quantitative estimate of drug-likeness (QED) is 0.0214. The summed E-state index contributed by atoms with van der Waals surface area (Å²) in [7, 11) is 1.66. The highest BCUT2D eigenvalue weighted by Gasteiger charge is 2.26. The third-order valence-electron chi connectivity index (χ3n) is 11.9. The molecule has 0 saturated heterocycles. The zero-order valence-corrected chi connectivity index (χ0v) is 44.4. The van der Waals surface area contributed by atoms with Crippen LogP contribution in [-0.2, 0) is 27.9 Å². The predicted molar refractivity (Wildman–Crippen MR) is 279 cm³/mol. The van der Waals surface area contributed by atoms with Gasteiger partial charge in [-0.2, -0.15) is 0 Å². The van der Waals surface area contributed by atoms with Gasteiger partial charge in [0.25, 0.3) is 0 Å². The molecule has 2 atom stereocenters. The predicted octanol–water partition coefficient (Wildman–Crippen LogP) is 17.1. The zero-order valence-electron chi connectivity index (χ0n) is 43.5. The van der Waals surface area contributed by atoms with Gasteiger partial charge < -0.3 is 18.9 Å². The second-order valence-corrected chi connectivity index (χ2v) is 21.1. The molecule has 8 nitrogen and oxygen atoms in total. The maximum Gasteiger partial charge on any atom is 0.472 e. The largest absolute Gasteiger partial charge is 0.472 e. The smallest absolute Gasteiger partial charge is 0.457 e. The lowest BCUT2D eigenvalue weighted by Gasteiger charge is -2.24. The number of phosphoric ester groups is 1. The van der Waals surface area contributed by atoms with Crippen molar-refractivity contribution in [1.82, 2.24) is 0 Å². The van der Waals surface area contributed by atoms with Crippen molar-refractivity contribution in [3.8, 4) is 0 Å². The summed E-state index contributed by atoms with van der Waals surface area (Å²) in [5, 5.41) is 0. The Morgan fingerprint density at radius 1 is 0.477 bits per heavy atom. The van der Waals surface area contributed by atoms with Crippen LogP contribution in [0, 0.1) is 0 Å². The number of esters is 1. The summed E-state index contributed by atoms with van der Waals surface area (Å²) in [6.07, 6.45) is 61.6. The number of quaternary nitrogens is 1. The summed E-state index contributed by atoms with van der Waals surface area (Å²) in [6.45, 7) is 5.61. The van der Waals surface area contributed by atoms with E-state index in [9.17, 15) is 14.3 Å². The van der Waals surface area contributed by atoms with Crippen molar-refractivity contribution in [3.05, 3.63) is 48.6 Å². The highest BCUT2D eigenvalue weighted by Crippen LogP contribution is 2.43. The van der Waals surface area contributed by atoms with Crippen LogP contribution in [-0.4, -0.2) is 75.6 Å². The van der Waals surface area contributed by atoms with Crippen molar-refractivity contribution in [2.24, 2.45) is 0 Å². The molecule has 382 valence electrons. The second kappa shape index (κ2) is 48.9. The van der Waals surface area contributed by atoms with Gasteiger partial charge in [0.1, 0.15) is 19.3 Å². The number of carbonyl (C=O) groups is 1. The molecule has 0 spiro atoms. The molecule has 0 amide bonds. The summed E-state index contributed by atoms with van der Waals surface area (Å²) in [5.74, 6) is -0.317. The van der Waals surface area contributed by atoms with Gasteiger partial charge in [0.05, 0.1) is 34.4 Å². The van der Waals surface area contributed by atoms with E-state index < -0.39 is 13.9 Å². The van der Waals surface area contributed by atoms with Crippen LogP contribution in [0.3, 0.4) is 0 Å². The average Bonchev–Trinajstić information content (AvgIpc) is 3.27. The normalized spacial score (nSPS) is 13.9. The lowest BCUT2D eigenvalue weighted by molar-refractivity contribution is -0.870. The van der Waals surface area contributed by atoms with Gasteiger partial charge in [-0.05, 0) is 77.0 Å². The first-order valence-corrected chi connectivity index (χ1v) is 28.9. The summed E-state index contributed by atoms with van der Waals surface area (Å²) < 4.78 is 35.2. The van der Waals surface area contributed by atoms with E-state index in [0.717, 1.165) is 51.4 Å². The molecule has 0 aromatic heterocycles. The molecule has 1 N–H and O–H groups in total. The number of phosphoric acid groups is 1. The number of unbranched alkanes of at least 4 members (excludes halogenated alkanes) is 29. The minimum absolute atomic E-state index is 0.0853. The van der Waals surface area contributed by atoms with E-state index in [1.54, 1.807) is 0 Å². The van der Waals surface area contributed by atoms with Crippen molar-refractivity contribution in [2.45, 2.75) is 251 Å². The zero-order chi connectivity index (χ0) is 47.6. The Bertz CT molecular complexity index is 1180. The first-order chi connectivity index (χ1) is 31.6. The lowest BCUT2D eigenvalue weighted by Crippen LogP contribution is -2.37. The average molecular weight is 937 g/mol. The first-order valence-electron chi connectivity index (χ1n) is 27.4. The molecule has 0 radical (unpaired) electrons. The molecule has 65 heavy (non-hydrogen) atoms. The van der Waals surface area contributed by atoms with Gasteiger partial charge >= 0.3 is 13.8 Å². The Hall–Kier alpha value is -1.54. The Balaban J connectivity index is 4.14. The van der Waals surface area contributed by atoms with Crippen LogP contribution in [0.4, 0.5) is 0 Å². The molecule has 2 unspecified atom stereocenters. The van der Waals surface area contributed by atoms with E-state index in [0.29, 0.717) is 24.1 Å². The van der Waals surface area contributed by atoms with Gasteiger partial charge in [0.15, 0.2) is 0 Å². The fraction of sp³-hybridized carbons (Fsp3) is 0.839. The molecule has 0 fully saturated rings. The minimum Gasteiger partial charge on any atom is -0.457 e. The van der Waals surface area contributed by atoms with Gasteiger partial charge in [-0.25, -0.2) is 4.57 Å². The Kier molecular flexibility index (Phi) is 47.7. The van der Waals surface area contributed by atoms with Crippen LogP contribution < -0.4 is 0 Å². The second-order valence-electron chi connectivity index (χ2n) is 19.6. The van der Waals surface area contributed by atoms with Gasteiger partial charge in [0.2, 0.25) is 0 Å². The molecule has 0 saturated carbocycles. The van der Waals surface area contributed by atoms with E-state index in [4.69, 9.17) is 18.5 Å². The Morgan fingerprint density at radius 2 is 0.846 bits per heavy atom. The summed E-state index contributed by atoms with van der Waals surface area (Å²) >= 11 is 0. The minimum atomic E-state index is -4.29. The molecule has 0 aromatic rings. The third-order valence-corrected chi connectivity index (χ3v) is 12.8. The highest BCUT2D eigenvalue weighted by atomic mass is 31.2. The number of hydrogen-bond acceptors (Lipinski definition) is 6. The topological polar surface area (TPSA) is 91.3 Å². The number of hydrogen-bond donors (Lipinski definition) is 1. The van der Waals surface area contributed by atoms with Crippen LogP contribution in [0.5, 0.6) is 0 Å². The van der Waals surface area contributed by atoms with Crippen LogP contribution in [0.1, 0.15) is 245 Å².